The minimum atomic E-state index is 0.154. The van der Waals surface area contributed by atoms with Crippen LogP contribution >= 0.6 is 0 Å². The molecule has 0 aromatic heterocycles. The van der Waals surface area contributed by atoms with Gasteiger partial charge >= 0.3 is 0 Å². The molecule has 0 unspecified atom stereocenters. The maximum Gasteiger partial charge on any atom is 0.226 e. The van der Waals surface area contributed by atoms with E-state index in [1.165, 1.54) is 0 Å². The number of rotatable bonds is 2. The van der Waals surface area contributed by atoms with Gasteiger partial charge in [-0.2, -0.15) is 0 Å². The van der Waals surface area contributed by atoms with Crippen molar-refractivity contribution in [3.8, 4) is 0 Å². The van der Waals surface area contributed by atoms with Crippen molar-refractivity contribution in [1.82, 2.24) is 15.1 Å². The van der Waals surface area contributed by atoms with Gasteiger partial charge in [-0.15, -0.1) is 0 Å². The number of hydrogen-bond acceptors (Lipinski definition) is 3. The molecule has 0 aliphatic carbocycles. The Hall–Kier alpha value is -0.610. The second-order valence-corrected chi connectivity index (χ2v) is 4.36. The Bertz CT molecular complexity index is 204. The third-order valence-electron chi connectivity index (χ3n) is 2.87. The normalized spacial score (nSPS) is 27.8. The number of likely N-dealkylation sites (N-methyl/N-ethyl adjacent to an activating group) is 1. The summed E-state index contributed by atoms with van der Waals surface area (Å²) in [5.41, 5.74) is 0. The van der Waals surface area contributed by atoms with Crippen LogP contribution in [0, 0.1) is 5.92 Å². The van der Waals surface area contributed by atoms with Crippen molar-refractivity contribution in [3.63, 3.8) is 0 Å². The number of hydrogen-bond donors (Lipinski definition) is 1. The highest BCUT2D eigenvalue weighted by Crippen LogP contribution is 2.18. The van der Waals surface area contributed by atoms with Crippen molar-refractivity contribution < 1.29 is 4.79 Å². The zero-order valence-electron chi connectivity index (χ0n) is 9.58. The smallest absolute Gasteiger partial charge is 0.226 e. The van der Waals surface area contributed by atoms with Gasteiger partial charge in [0.25, 0.3) is 0 Å². The molecule has 82 valence electrons. The van der Waals surface area contributed by atoms with E-state index < -0.39 is 0 Å². The van der Waals surface area contributed by atoms with Crippen molar-refractivity contribution in [2.24, 2.45) is 5.92 Å². The summed E-state index contributed by atoms with van der Waals surface area (Å²) in [6.07, 6.45) is 0.944. The van der Waals surface area contributed by atoms with Crippen molar-refractivity contribution in [2.45, 2.75) is 12.5 Å². The van der Waals surface area contributed by atoms with Gasteiger partial charge in [0.15, 0.2) is 0 Å². The molecule has 0 aromatic rings. The molecule has 1 heterocycles. The summed E-state index contributed by atoms with van der Waals surface area (Å²) in [6.45, 7) is 1.87. The van der Waals surface area contributed by atoms with Crippen LogP contribution in [0.2, 0.25) is 0 Å². The molecule has 14 heavy (non-hydrogen) atoms. The van der Waals surface area contributed by atoms with Crippen LogP contribution in [0.4, 0.5) is 0 Å². The van der Waals surface area contributed by atoms with Crippen LogP contribution in [0.3, 0.4) is 0 Å². The molecule has 0 radical (unpaired) electrons. The Balaban J connectivity index is 2.67. The average molecular weight is 199 g/mol. The van der Waals surface area contributed by atoms with Gasteiger partial charge in [0.05, 0.1) is 5.92 Å². The SMILES string of the molecule is CN(C)C(=O)[C@@H]1CCNC[C@@H]1N(C)C. The lowest BCUT2D eigenvalue weighted by molar-refractivity contribution is -0.135. The van der Waals surface area contributed by atoms with Gasteiger partial charge in [0.2, 0.25) is 5.91 Å². The molecule has 1 aliphatic rings. The molecule has 4 nitrogen and oxygen atoms in total. The second-order valence-electron chi connectivity index (χ2n) is 4.36. The molecule has 1 amide bonds. The van der Waals surface area contributed by atoms with Crippen LogP contribution in [0.1, 0.15) is 6.42 Å². The van der Waals surface area contributed by atoms with E-state index in [-0.39, 0.29) is 11.8 Å². The van der Waals surface area contributed by atoms with Crippen LogP contribution < -0.4 is 5.32 Å². The average Bonchev–Trinajstić information content (AvgIpc) is 2.16. The van der Waals surface area contributed by atoms with Gasteiger partial charge in [-0.25, -0.2) is 0 Å². The largest absolute Gasteiger partial charge is 0.349 e. The Morgan fingerprint density at radius 3 is 2.43 bits per heavy atom. The predicted octanol–water partition coefficient (Wildman–Crippen LogP) is -0.386. The van der Waals surface area contributed by atoms with Crippen molar-refractivity contribution in [1.29, 1.82) is 0 Å². The highest BCUT2D eigenvalue weighted by Gasteiger charge is 2.32. The zero-order valence-corrected chi connectivity index (χ0v) is 9.58. The van der Waals surface area contributed by atoms with E-state index in [1.54, 1.807) is 4.90 Å². The van der Waals surface area contributed by atoms with Crippen molar-refractivity contribution in [2.75, 3.05) is 41.3 Å². The van der Waals surface area contributed by atoms with E-state index in [2.05, 4.69) is 10.2 Å². The molecule has 0 saturated carbocycles. The van der Waals surface area contributed by atoms with Crippen LogP contribution in [0.25, 0.3) is 0 Å². The van der Waals surface area contributed by atoms with Gasteiger partial charge in [-0.1, -0.05) is 0 Å². The molecule has 0 bridgehead atoms. The first kappa shape index (κ1) is 11.5. The van der Waals surface area contributed by atoms with Crippen molar-refractivity contribution in [3.05, 3.63) is 0 Å². The first-order valence-corrected chi connectivity index (χ1v) is 5.12. The summed E-state index contributed by atoms with van der Waals surface area (Å²) in [7, 11) is 7.73. The number of nitrogens with one attached hydrogen (secondary N) is 1. The van der Waals surface area contributed by atoms with Gasteiger partial charge in [-0.3, -0.25) is 4.79 Å². The van der Waals surface area contributed by atoms with E-state index >= 15 is 0 Å². The highest BCUT2D eigenvalue weighted by molar-refractivity contribution is 5.79. The fourth-order valence-corrected chi connectivity index (χ4v) is 2.00. The topological polar surface area (TPSA) is 35.6 Å². The third-order valence-corrected chi connectivity index (χ3v) is 2.87. The number of nitrogens with zero attached hydrogens (tertiary/aromatic N) is 2. The molecule has 2 atom stereocenters. The summed E-state index contributed by atoms with van der Waals surface area (Å²) in [5, 5.41) is 3.33. The van der Waals surface area contributed by atoms with Crippen LogP contribution in [-0.2, 0) is 4.79 Å². The molecular weight excluding hydrogens is 178 g/mol. The van der Waals surface area contributed by atoms with E-state index in [0.717, 1.165) is 19.5 Å². The monoisotopic (exact) mass is 199 g/mol. The number of piperidine rings is 1. The Kier molecular flexibility index (Phi) is 3.89. The first-order valence-electron chi connectivity index (χ1n) is 5.12. The highest BCUT2D eigenvalue weighted by atomic mass is 16.2. The Morgan fingerprint density at radius 1 is 1.29 bits per heavy atom. The Morgan fingerprint density at radius 2 is 1.93 bits per heavy atom. The first-order chi connectivity index (χ1) is 6.54. The lowest BCUT2D eigenvalue weighted by atomic mass is 9.91. The lowest BCUT2D eigenvalue weighted by Gasteiger charge is -2.36. The quantitative estimate of drug-likeness (QED) is 0.658. The molecule has 1 aliphatic heterocycles. The summed E-state index contributed by atoms with van der Waals surface area (Å²) in [4.78, 5) is 15.7. The van der Waals surface area contributed by atoms with E-state index in [4.69, 9.17) is 0 Å². The minimum Gasteiger partial charge on any atom is -0.349 e. The molecule has 4 heteroatoms. The van der Waals surface area contributed by atoms with E-state index in [1.807, 2.05) is 28.2 Å². The maximum atomic E-state index is 11.9. The summed E-state index contributed by atoms with van der Waals surface area (Å²) in [6, 6.07) is 0.332. The zero-order chi connectivity index (χ0) is 10.7. The van der Waals surface area contributed by atoms with Gasteiger partial charge in [-0.05, 0) is 27.1 Å². The molecule has 1 N–H and O–H groups in total. The van der Waals surface area contributed by atoms with E-state index in [9.17, 15) is 4.79 Å². The minimum absolute atomic E-state index is 0.154. The van der Waals surface area contributed by atoms with Gasteiger partial charge < -0.3 is 15.1 Å². The number of carbonyl (C=O) groups is 1. The fraction of sp³-hybridized carbons (Fsp3) is 0.900. The molecular formula is C10H21N3O. The summed E-state index contributed by atoms with van der Waals surface area (Å²) < 4.78 is 0. The lowest BCUT2D eigenvalue weighted by Crippen LogP contribution is -2.53. The summed E-state index contributed by atoms with van der Waals surface area (Å²) >= 11 is 0. The molecule has 1 fully saturated rings. The van der Waals surface area contributed by atoms with E-state index in [0.29, 0.717) is 6.04 Å². The molecule has 0 spiro atoms. The summed E-state index contributed by atoms with van der Waals surface area (Å²) in [5.74, 6) is 0.409. The van der Waals surface area contributed by atoms with Gasteiger partial charge in [0.1, 0.15) is 0 Å². The number of carbonyl (C=O) groups excluding carboxylic acids is 1. The van der Waals surface area contributed by atoms with Crippen LogP contribution in [0.15, 0.2) is 0 Å². The molecule has 0 aromatic carbocycles. The standard InChI is InChI=1S/C10H21N3O/c1-12(2)9-7-11-6-5-8(9)10(14)13(3)4/h8-9,11H,5-7H2,1-4H3/t8-,9+/m1/s1. The van der Waals surface area contributed by atoms with Gasteiger partial charge in [0, 0.05) is 26.7 Å². The molecule has 1 saturated heterocycles. The molecule has 1 rings (SSSR count). The van der Waals surface area contributed by atoms with Crippen LogP contribution in [0.5, 0.6) is 0 Å². The number of amides is 1. The third kappa shape index (κ3) is 2.45. The predicted molar refractivity (Wildman–Crippen MR) is 57.1 cm³/mol. The van der Waals surface area contributed by atoms with Crippen molar-refractivity contribution >= 4 is 5.91 Å². The fourth-order valence-electron chi connectivity index (χ4n) is 2.00. The maximum absolute atomic E-state index is 11.9. The van der Waals surface area contributed by atoms with Crippen LogP contribution in [-0.4, -0.2) is 63.0 Å². The second kappa shape index (κ2) is 4.75. The Labute approximate surface area is 86.2 Å².